The second-order valence-electron chi connectivity index (χ2n) is 4.00. The molecule has 7 nitrogen and oxygen atoms in total. The number of hydrogen-bond donors (Lipinski definition) is 3. The largest absolute Gasteiger partial charge is 0.480 e. The van der Waals surface area contributed by atoms with Gasteiger partial charge in [-0.1, -0.05) is 6.07 Å². The lowest BCUT2D eigenvalue weighted by Gasteiger charge is -2.21. The first-order chi connectivity index (χ1) is 8.82. The van der Waals surface area contributed by atoms with Gasteiger partial charge in [0.25, 0.3) is 0 Å². The molecule has 0 saturated carbocycles. The van der Waals surface area contributed by atoms with E-state index in [0.29, 0.717) is 5.69 Å². The molecule has 0 radical (unpaired) electrons. The smallest absolute Gasteiger partial charge is 0.326 e. The van der Waals surface area contributed by atoms with Gasteiger partial charge in [0.05, 0.1) is 0 Å². The minimum atomic E-state index is -1.11. The highest BCUT2D eigenvalue weighted by Crippen LogP contribution is 2.11. The third-order valence-electron chi connectivity index (χ3n) is 2.66. The van der Waals surface area contributed by atoms with Crippen LogP contribution in [-0.4, -0.2) is 41.0 Å². The van der Waals surface area contributed by atoms with Crippen LogP contribution in [0.2, 0.25) is 0 Å². The number of nitrogens with one attached hydrogen (secondary N) is 1. The van der Waals surface area contributed by atoms with Crippen molar-refractivity contribution in [3.63, 3.8) is 0 Å². The van der Waals surface area contributed by atoms with E-state index in [1.54, 1.807) is 12.1 Å². The van der Waals surface area contributed by atoms with E-state index in [9.17, 15) is 14.4 Å². The Balaban J connectivity index is 2.79. The van der Waals surface area contributed by atoms with Gasteiger partial charge in [-0.2, -0.15) is 0 Å². The van der Waals surface area contributed by atoms with Crippen molar-refractivity contribution in [3.8, 4) is 0 Å². The number of hydrogen-bond acceptors (Lipinski definition) is 3. The molecule has 4 N–H and O–H groups in total. The number of rotatable bonds is 4. The van der Waals surface area contributed by atoms with Crippen LogP contribution in [0.5, 0.6) is 0 Å². The number of carbonyl (C=O) groups is 3. The van der Waals surface area contributed by atoms with Gasteiger partial charge in [-0.3, -0.25) is 4.79 Å². The normalized spacial score (nSPS) is 11.5. The number of nitrogens with two attached hydrogens (primary N) is 1. The number of benzene rings is 1. The van der Waals surface area contributed by atoms with E-state index in [1.807, 2.05) is 0 Å². The lowest BCUT2D eigenvalue weighted by atomic mass is 10.2. The van der Waals surface area contributed by atoms with Crippen molar-refractivity contribution >= 4 is 23.6 Å². The van der Waals surface area contributed by atoms with Gasteiger partial charge in [-0.25, -0.2) is 9.59 Å². The fourth-order valence-electron chi connectivity index (χ4n) is 1.30. The standard InChI is InChI=1S/C12H15N3O4/c1-7(11(17)18)15(2)12(19)14-9-5-3-4-8(6-9)10(13)16/h3-7H,1-2H3,(H2,13,16)(H,14,19)(H,17,18). The number of aliphatic carboxylic acids is 1. The van der Waals surface area contributed by atoms with Crippen molar-refractivity contribution in [3.05, 3.63) is 29.8 Å². The fraction of sp³-hybridized carbons (Fsp3) is 0.250. The average molecular weight is 265 g/mol. The zero-order valence-electron chi connectivity index (χ0n) is 10.6. The average Bonchev–Trinajstić information content (AvgIpc) is 2.37. The van der Waals surface area contributed by atoms with Crippen LogP contribution in [0.3, 0.4) is 0 Å². The van der Waals surface area contributed by atoms with Crippen molar-refractivity contribution in [1.29, 1.82) is 0 Å². The molecular weight excluding hydrogens is 250 g/mol. The first kappa shape index (κ1) is 14.5. The number of primary amides is 1. The number of urea groups is 1. The molecule has 1 aromatic rings. The Hall–Kier alpha value is -2.57. The Bertz CT molecular complexity index is 515. The zero-order chi connectivity index (χ0) is 14.6. The number of carboxylic acid groups (broad SMARTS) is 1. The zero-order valence-corrected chi connectivity index (χ0v) is 10.6. The molecule has 1 rings (SSSR count). The summed E-state index contributed by atoms with van der Waals surface area (Å²) in [5.41, 5.74) is 5.74. The number of likely N-dealkylation sites (N-methyl/N-ethyl adjacent to an activating group) is 1. The predicted octanol–water partition coefficient (Wildman–Crippen LogP) is 0.722. The van der Waals surface area contributed by atoms with Gasteiger partial charge in [0.15, 0.2) is 0 Å². The molecule has 0 spiro atoms. The molecule has 1 unspecified atom stereocenters. The summed E-state index contributed by atoms with van der Waals surface area (Å²) in [6.07, 6.45) is 0. The minimum Gasteiger partial charge on any atom is -0.480 e. The Labute approximate surface area is 110 Å². The molecule has 3 amide bonds. The van der Waals surface area contributed by atoms with Crippen LogP contribution in [0.4, 0.5) is 10.5 Å². The highest BCUT2D eigenvalue weighted by Gasteiger charge is 2.21. The molecule has 7 heteroatoms. The maximum Gasteiger partial charge on any atom is 0.326 e. The highest BCUT2D eigenvalue weighted by atomic mass is 16.4. The minimum absolute atomic E-state index is 0.256. The van der Waals surface area contributed by atoms with E-state index < -0.39 is 23.9 Å². The summed E-state index contributed by atoms with van der Waals surface area (Å²) in [7, 11) is 1.37. The van der Waals surface area contributed by atoms with Crippen molar-refractivity contribution in [2.24, 2.45) is 5.73 Å². The lowest BCUT2D eigenvalue weighted by molar-refractivity contribution is -0.141. The summed E-state index contributed by atoms with van der Waals surface area (Å²) >= 11 is 0. The molecule has 0 aliphatic heterocycles. The summed E-state index contributed by atoms with van der Waals surface area (Å²) in [5, 5.41) is 11.3. The predicted molar refractivity (Wildman–Crippen MR) is 68.8 cm³/mol. The number of nitrogens with zero attached hydrogens (tertiary/aromatic N) is 1. The van der Waals surface area contributed by atoms with Crippen LogP contribution in [0, 0.1) is 0 Å². The topological polar surface area (TPSA) is 113 Å². The van der Waals surface area contributed by atoms with Crippen LogP contribution >= 0.6 is 0 Å². The summed E-state index contributed by atoms with van der Waals surface area (Å²) in [4.78, 5) is 34.6. The van der Waals surface area contributed by atoms with Gasteiger partial charge >= 0.3 is 12.0 Å². The van der Waals surface area contributed by atoms with E-state index >= 15 is 0 Å². The number of carbonyl (C=O) groups excluding carboxylic acids is 2. The Morgan fingerprint density at radius 1 is 1.37 bits per heavy atom. The number of anilines is 1. The molecule has 1 aromatic carbocycles. The van der Waals surface area contributed by atoms with Crippen LogP contribution in [0.1, 0.15) is 17.3 Å². The van der Waals surface area contributed by atoms with Crippen LogP contribution in [0.15, 0.2) is 24.3 Å². The monoisotopic (exact) mass is 265 g/mol. The Kier molecular flexibility index (Phi) is 4.46. The molecule has 0 aliphatic rings. The van der Waals surface area contributed by atoms with Gasteiger partial charge < -0.3 is 21.1 Å². The third-order valence-corrected chi connectivity index (χ3v) is 2.66. The first-order valence-electron chi connectivity index (χ1n) is 5.49. The van der Waals surface area contributed by atoms with Crippen LogP contribution < -0.4 is 11.1 Å². The molecule has 0 heterocycles. The molecule has 1 atom stereocenters. The molecule has 102 valence electrons. The van der Waals surface area contributed by atoms with Gasteiger partial charge in [-0.15, -0.1) is 0 Å². The van der Waals surface area contributed by atoms with E-state index in [0.717, 1.165) is 4.90 Å². The van der Waals surface area contributed by atoms with Gasteiger partial charge in [0.1, 0.15) is 6.04 Å². The molecule has 0 aliphatic carbocycles. The first-order valence-corrected chi connectivity index (χ1v) is 5.49. The molecule has 0 saturated heterocycles. The summed E-state index contributed by atoms with van der Waals surface area (Å²) < 4.78 is 0. The van der Waals surface area contributed by atoms with E-state index in [-0.39, 0.29) is 5.56 Å². The summed E-state index contributed by atoms with van der Waals surface area (Å²) in [5.74, 6) is -1.72. The lowest BCUT2D eigenvalue weighted by Crippen LogP contribution is -2.42. The van der Waals surface area contributed by atoms with Crippen LogP contribution in [0.25, 0.3) is 0 Å². The van der Waals surface area contributed by atoms with E-state index in [4.69, 9.17) is 10.8 Å². The van der Waals surface area contributed by atoms with Gasteiger partial charge in [0, 0.05) is 18.3 Å². The summed E-state index contributed by atoms with van der Waals surface area (Å²) in [6.45, 7) is 1.39. The fourth-order valence-corrected chi connectivity index (χ4v) is 1.30. The SMILES string of the molecule is CC(C(=O)O)N(C)C(=O)Nc1cccc(C(N)=O)c1. The highest BCUT2D eigenvalue weighted by molar-refractivity contribution is 5.96. The maximum absolute atomic E-state index is 11.8. The van der Waals surface area contributed by atoms with Crippen molar-refractivity contribution < 1.29 is 19.5 Å². The third kappa shape index (κ3) is 3.70. The van der Waals surface area contributed by atoms with E-state index in [2.05, 4.69) is 5.32 Å². The molecule has 0 aromatic heterocycles. The Morgan fingerprint density at radius 2 is 2.00 bits per heavy atom. The second kappa shape index (κ2) is 5.85. The maximum atomic E-state index is 11.8. The van der Waals surface area contributed by atoms with Gasteiger partial charge in [0.2, 0.25) is 5.91 Å². The van der Waals surface area contributed by atoms with Crippen molar-refractivity contribution in [1.82, 2.24) is 4.90 Å². The number of amides is 3. The van der Waals surface area contributed by atoms with E-state index in [1.165, 1.54) is 26.1 Å². The van der Waals surface area contributed by atoms with Crippen LogP contribution in [-0.2, 0) is 4.79 Å². The molecule has 0 bridgehead atoms. The quantitative estimate of drug-likeness (QED) is 0.744. The van der Waals surface area contributed by atoms with Crippen molar-refractivity contribution in [2.75, 3.05) is 12.4 Å². The molecular formula is C12H15N3O4. The summed E-state index contributed by atoms with van der Waals surface area (Å²) in [6, 6.07) is 4.52. The number of carboxylic acids is 1. The Morgan fingerprint density at radius 3 is 2.53 bits per heavy atom. The second-order valence-corrected chi connectivity index (χ2v) is 4.00. The van der Waals surface area contributed by atoms with Gasteiger partial charge in [-0.05, 0) is 25.1 Å². The molecule has 19 heavy (non-hydrogen) atoms. The van der Waals surface area contributed by atoms with Crippen molar-refractivity contribution in [2.45, 2.75) is 13.0 Å². The molecule has 0 fully saturated rings.